The number of piperidine rings is 1. The molecule has 7 heteroatoms. The first-order valence-corrected chi connectivity index (χ1v) is 7.76. The van der Waals surface area contributed by atoms with Crippen molar-refractivity contribution < 1.29 is 13.2 Å². The molecule has 2 rings (SSSR count). The molecule has 1 aliphatic rings. The molecule has 1 aromatic carbocycles. The SMILES string of the molecule is CCN1CCC(NC(=S)Nc2cccc(C(F)(F)F)c2)CC1. The summed E-state index contributed by atoms with van der Waals surface area (Å²) in [5.41, 5.74) is -0.338. The Kier molecular flexibility index (Phi) is 5.63. The average molecular weight is 331 g/mol. The summed E-state index contributed by atoms with van der Waals surface area (Å²) in [6.07, 6.45) is -2.38. The summed E-state index contributed by atoms with van der Waals surface area (Å²) in [5.74, 6) is 0. The van der Waals surface area contributed by atoms with Crippen LogP contribution in [0.4, 0.5) is 18.9 Å². The van der Waals surface area contributed by atoms with Gasteiger partial charge >= 0.3 is 6.18 Å². The smallest absolute Gasteiger partial charge is 0.360 e. The molecule has 0 atom stereocenters. The van der Waals surface area contributed by atoms with Crippen LogP contribution in [0.1, 0.15) is 25.3 Å². The number of nitrogens with zero attached hydrogens (tertiary/aromatic N) is 1. The lowest BCUT2D eigenvalue weighted by molar-refractivity contribution is -0.137. The zero-order chi connectivity index (χ0) is 16.2. The molecule has 1 aliphatic heterocycles. The summed E-state index contributed by atoms with van der Waals surface area (Å²) in [6, 6.07) is 5.32. The van der Waals surface area contributed by atoms with Gasteiger partial charge in [-0.2, -0.15) is 13.2 Å². The molecule has 1 aromatic rings. The molecule has 3 nitrogen and oxygen atoms in total. The van der Waals surface area contributed by atoms with Gasteiger partial charge in [0.2, 0.25) is 0 Å². The predicted octanol–water partition coefficient (Wildman–Crippen LogP) is 3.48. The molecule has 22 heavy (non-hydrogen) atoms. The number of hydrogen-bond donors (Lipinski definition) is 2. The maximum absolute atomic E-state index is 12.7. The van der Waals surface area contributed by atoms with Crippen molar-refractivity contribution in [3.8, 4) is 0 Å². The largest absolute Gasteiger partial charge is 0.416 e. The number of thiocarbonyl (C=S) groups is 1. The molecule has 122 valence electrons. The van der Waals surface area contributed by atoms with E-state index in [1.807, 2.05) is 0 Å². The van der Waals surface area contributed by atoms with Gasteiger partial charge in [-0.3, -0.25) is 0 Å². The van der Waals surface area contributed by atoms with E-state index in [1.54, 1.807) is 6.07 Å². The van der Waals surface area contributed by atoms with Crippen molar-refractivity contribution in [3.63, 3.8) is 0 Å². The van der Waals surface area contributed by atoms with Crippen molar-refractivity contribution in [1.82, 2.24) is 10.2 Å². The van der Waals surface area contributed by atoms with Gasteiger partial charge in [0.05, 0.1) is 5.56 Å². The van der Waals surface area contributed by atoms with E-state index < -0.39 is 11.7 Å². The van der Waals surface area contributed by atoms with Gasteiger partial charge in [-0.15, -0.1) is 0 Å². The van der Waals surface area contributed by atoms with Gasteiger partial charge in [-0.1, -0.05) is 13.0 Å². The minimum atomic E-state index is -4.35. The first-order chi connectivity index (χ1) is 10.4. The third kappa shape index (κ3) is 4.84. The van der Waals surface area contributed by atoms with E-state index in [0.29, 0.717) is 10.8 Å². The maximum Gasteiger partial charge on any atom is 0.416 e. The van der Waals surface area contributed by atoms with Crippen LogP contribution in [0.3, 0.4) is 0 Å². The Morgan fingerprint density at radius 3 is 2.59 bits per heavy atom. The van der Waals surface area contributed by atoms with Gasteiger partial charge in [0.1, 0.15) is 0 Å². The fraction of sp³-hybridized carbons (Fsp3) is 0.533. The number of rotatable bonds is 3. The molecule has 0 saturated carbocycles. The van der Waals surface area contributed by atoms with Crippen LogP contribution in [-0.4, -0.2) is 35.7 Å². The molecular weight excluding hydrogens is 311 g/mol. The standard InChI is InChI=1S/C15H20F3N3S/c1-2-21-8-6-12(7-9-21)19-14(22)20-13-5-3-4-11(10-13)15(16,17)18/h3-5,10,12H,2,6-9H2,1H3,(H2,19,20,22). The van der Waals surface area contributed by atoms with Crippen LogP contribution in [0, 0.1) is 0 Å². The van der Waals surface area contributed by atoms with Gasteiger partial charge in [-0.05, 0) is 49.8 Å². The number of likely N-dealkylation sites (tertiary alicyclic amines) is 1. The number of halogens is 3. The number of benzene rings is 1. The van der Waals surface area contributed by atoms with E-state index in [-0.39, 0.29) is 6.04 Å². The molecule has 1 fully saturated rings. The Labute approximate surface area is 133 Å². The van der Waals surface area contributed by atoms with Crippen molar-refractivity contribution in [3.05, 3.63) is 29.8 Å². The van der Waals surface area contributed by atoms with E-state index in [0.717, 1.165) is 44.6 Å². The van der Waals surface area contributed by atoms with Crippen molar-refractivity contribution in [1.29, 1.82) is 0 Å². The van der Waals surface area contributed by atoms with Crippen molar-refractivity contribution in [2.45, 2.75) is 32.0 Å². The molecule has 0 aliphatic carbocycles. The summed E-state index contributed by atoms with van der Waals surface area (Å²) in [7, 11) is 0. The highest BCUT2D eigenvalue weighted by Crippen LogP contribution is 2.30. The lowest BCUT2D eigenvalue weighted by Gasteiger charge is -2.32. The van der Waals surface area contributed by atoms with Crippen LogP contribution < -0.4 is 10.6 Å². The highest BCUT2D eigenvalue weighted by atomic mass is 32.1. The van der Waals surface area contributed by atoms with E-state index in [9.17, 15) is 13.2 Å². The van der Waals surface area contributed by atoms with Gasteiger partial charge in [0, 0.05) is 24.8 Å². The number of anilines is 1. The van der Waals surface area contributed by atoms with Crippen LogP contribution in [0.2, 0.25) is 0 Å². The predicted molar refractivity (Wildman–Crippen MR) is 85.9 cm³/mol. The second-order valence-corrected chi connectivity index (χ2v) is 5.79. The van der Waals surface area contributed by atoms with E-state index in [1.165, 1.54) is 6.07 Å². The third-order valence-electron chi connectivity index (χ3n) is 3.82. The lowest BCUT2D eigenvalue weighted by Crippen LogP contribution is -2.45. The minimum absolute atomic E-state index is 0.272. The second kappa shape index (κ2) is 7.28. The maximum atomic E-state index is 12.7. The van der Waals surface area contributed by atoms with Crippen molar-refractivity contribution in [2.24, 2.45) is 0 Å². The number of hydrogen-bond acceptors (Lipinski definition) is 2. The minimum Gasteiger partial charge on any atom is -0.360 e. The molecule has 0 unspecified atom stereocenters. The fourth-order valence-corrected chi connectivity index (χ4v) is 2.80. The summed E-state index contributed by atoms with van der Waals surface area (Å²) in [4.78, 5) is 2.36. The summed E-state index contributed by atoms with van der Waals surface area (Å²) >= 11 is 5.19. The lowest BCUT2D eigenvalue weighted by atomic mass is 10.1. The summed E-state index contributed by atoms with van der Waals surface area (Å²) < 4.78 is 38.0. The van der Waals surface area contributed by atoms with Crippen LogP contribution in [-0.2, 0) is 6.18 Å². The zero-order valence-electron chi connectivity index (χ0n) is 12.4. The molecule has 2 N–H and O–H groups in total. The molecule has 1 saturated heterocycles. The zero-order valence-corrected chi connectivity index (χ0v) is 13.2. The topological polar surface area (TPSA) is 27.3 Å². The molecule has 0 bridgehead atoms. The van der Waals surface area contributed by atoms with Crippen LogP contribution in [0.25, 0.3) is 0 Å². The molecule has 0 aromatic heterocycles. The molecule has 0 spiro atoms. The molecule has 0 radical (unpaired) electrons. The van der Waals surface area contributed by atoms with Crippen LogP contribution in [0.5, 0.6) is 0 Å². The van der Waals surface area contributed by atoms with Crippen molar-refractivity contribution in [2.75, 3.05) is 25.0 Å². The normalized spacial score (nSPS) is 17.3. The van der Waals surface area contributed by atoms with E-state index >= 15 is 0 Å². The summed E-state index contributed by atoms with van der Waals surface area (Å²) in [5, 5.41) is 6.39. The molecule has 0 amide bonds. The summed E-state index contributed by atoms with van der Waals surface area (Å²) in [6.45, 7) is 5.20. The average Bonchev–Trinajstić information content (AvgIpc) is 2.47. The van der Waals surface area contributed by atoms with Gasteiger partial charge in [0.25, 0.3) is 0 Å². The Morgan fingerprint density at radius 1 is 1.32 bits per heavy atom. The van der Waals surface area contributed by atoms with Gasteiger partial charge < -0.3 is 15.5 Å². The van der Waals surface area contributed by atoms with Crippen LogP contribution in [0.15, 0.2) is 24.3 Å². The Morgan fingerprint density at radius 2 is 2.00 bits per heavy atom. The van der Waals surface area contributed by atoms with Crippen molar-refractivity contribution >= 4 is 23.0 Å². The second-order valence-electron chi connectivity index (χ2n) is 5.39. The monoisotopic (exact) mass is 331 g/mol. The quantitative estimate of drug-likeness (QED) is 0.830. The number of nitrogens with one attached hydrogen (secondary N) is 2. The van der Waals surface area contributed by atoms with E-state index in [2.05, 4.69) is 22.5 Å². The Bertz CT molecular complexity index is 511. The molecular formula is C15H20F3N3S. The third-order valence-corrected chi connectivity index (χ3v) is 4.04. The number of alkyl halides is 3. The first kappa shape index (κ1) is 17.0. The Balaban J connectivity index is 1.87. The fourth-order valence-electron chi connectivity index (χ4n) is 2.52. The highest BCUT2D eigenvalue weighted by Gasteiger charge is 2.30. The highest BCUT2D eigenvalue weighted by molar-refractivity contribution is 7.80. The van der Waals surface area contributed by atoms with E-state index in [4.69, 9.17) is 12.2 Å². The van der Waals surface area contributed by atoms with Gasteiger partial charge in [0.15, 0.2) is 5.11 Å². The van der Waals surface area contributed by atoms with Gasteiger partial charge in [-0.25, -0.2) is 0 Å². The first-order valence-electron chi connectivity index (χ1n) is 7.35. The Hall–Kier alpha value is -1.34. The van der Waals surface area contributed by atoms with Crippen LogP contribution >= 0.6 is 12.2 Å². The molecule has 1 heterocycles.